The summed E-state index contributed by atoms with van der Waals surface area (Å²) >= 11 is 12.0. The Balaban J connectivity index is 1.61. The molecule has 1 aliphatic heterocycles. The van der Waals surface area contributed by atoms with Gasteiger partial charge < -0.3 is 15.0 Å². The maximum absolute atomic E-state index is 12.1. The molecule has 1 aliphatic rings. The molecule has 1 aromatic carbocycles. The van der Waals surface area contributed by atoms with Crippen molar-refractivity contribution in [3.8, 4) is 0 Å². The number of amides is 1. The molecular weight excluding hydrogens is 391 g/mol. The molecule has 0 bridgehead atoms. The summed E-state index contributed by atoms with van der Waals surface area (Å²) in [7, 11) is -3.10. The monoisotopic (exact) mass is 404 g/mol. The predicted molar refractivity (Wildman–Crippen MR) is 93.8 cm³/mol. The van der Waals surface area contributed by atoms with Crippen molar-refractivity contribution in [2.24, 2.45) is 0 Å². The molecule has 2 heterocycles. The van der Waals surface area contributed by atoms with Crippen LogP contribution < -0.4 is 5.32 Å². The number of hydrogen-bond acceptors (Lipinski definition) is 5. The molecule has 0 saturated carbocycles. The molecular formula is C15H14Cl2N2O5S. The van der Waals surface area contributed by atoms with Crippen LogP contribution in [0.2, 0.25) is 10.0 Å². The van der Waals surface area contributed by atoms with Crippen molar-refractivity contribution in [3.63, 3.8) is 0 Å². The number of H-pyrrole nitrogens is 1. The topological polar surface area (TPSA) is 105 Å². The number of halogens is 2. The number of nitrogens with one attached hydrogen (secondary N) is 2. The molecule has 1 atom stereocenters. The lowest BCUT2D eigenvalue weighted by molar-refractivity contribution is -0.124. The van der Waals surface area contributed by atoms with Crippen molar-refractivity contribution in [1.29, 1.82) is 0 Å². The Morgan fingerprint density at radius 2 is 2.08 bits per heavy atom. The predicted octanol–water partition coefficient (Wildman–Crippen LogP) is 1.93. The zero-order valence-electron chi connectivity index (χ0n) is 12.8. The number of hydrogen-bond donors (Lipinski definition) is 2. The zero-order chi connectivity index (χ0) is 18.2. The second-order valence-corrected chi connectivity index (χ2v) is 8.79. The van der Waals surface area contributed by atoms with Crippen molar-refractivity contribution in [2.45, 2.75) is 12.5 Å². The third-order valence-corrected chi connectivity index (χ3v) is 6.23. The molecule has 25 heavy (non-hydrogen) atoms. The average molecular weight is 405 g/mol. The lowest BCUT2D eigenvalue weighted by atomic mass is 10.2. The summed E-state index contributed by atoms with van der Waals surface area (Å²) in [6, 6.07) is 4.48. The van der Waals surface area contributed by atoms with Crippen LogP contribution in [0.5, 0.6) is 0 Å². The maximum atomic E-state index is 12.1. The first kappa shape index (κ1) is 18.0. The van der Waals surface area contributed by atoms with Gasteiger partial charge >= 0.3 is 5.97 Å². The first-order valence-electron chi connectivity index (χ1n) is 7.39. The molecule has 2 aromatic rings. The summed E-state index contributed by atoms with van der Waals surface area (Å²) in [5.74, 6) is -1.40. The quantitative estimate of drug-likeness (QED) is 0.757. The van der Waals surface area contributed by atoms with Crippen molar-refractivity contribution >= 4 is 55.8 Å². The van der Waals surface area contributed by atoms with E-state index in [-0.39, 0.29) is 22.2 Å². The van der Waals surface area contributed by atoms with Gasteiger partial charge in [-0.3, -0.25) is 4.79 Å². The minimum atomic E-state index is -3.10. The molecule has 134 valence electrons. The van der Waals surface area contributed by atoms with Crippen molar-refractivity contribution < 1.29 is 22.7 Å². The van der Waals surface area contributed by atoms with Gasteiger partial charge in [-0.2, -0.15) is 0 Å². The van der Waals surface area contributed by atoms with E-state index >= 15 is 0 Å². The highest BCUT2D eigenvalue weighted by Crippen LogP contribution is 2.30. The molecule has 0 spiro atoms. The standard InChI is InChI=1S/C15H14Cl2N2O5S/c16-8-1-2-11-10(5-8)13(17)14(19-11)15(21)24-6-12(20)18-9-3-4-25(22,23)7-9/h1-2,5,9,19H,3-4,6-7H2,(H,18,20). The van der Waals surface area contributed by atoms with Gasteiger partial charge in [-0.1, -0.05) is 23.2 Å². The van der Waals surface area contributed by atoms with E-state index in [2.05, 4.69) is 10.3 Å². The summed E-state index contributed by atoms with van der Waals surface area (Å²) in [5.41, 5.74) is 0.636. The van der Waals surface area contributed by atoms with E-state index in [1.807, 2.05) is 0 Å². The Bertz CT molecular complexity index is 954. The van der Waals surface area contributed by atoms with Crippen LogP contribution in [-0.4, -0.2) is 49.4 Å². The van der Waals surface area contributed by atoms with E-state index in [4.69, 9.17) is 27.9 Å². The van der Waals surface area contributed by atoms with Gasteiger partial charge in [0.05, 0.1) is 16.5 Å². The fraction of sp³-hybridized carbons (Fsp3) is 0.333. The normalized spacial score (nSPS) is 19.0. The molecule has 3 rings (SSSR count). The third kappa shape index (κ3) is 4.08. The van der Waals surface area contributed by atoms with Gasteiger partial charge in [0, 0.05) is 22.0 Å². The first-order valence-corrected chi connectivity index (χ1v) is 9.96. The fourth-order valence-corrected chi connectivity index (χ4v) is 4.78. The van der Waals surface area contributed by atoms with Crippen LogP contribution in [0.3, 0.4) is 0 Å². The summed E-state index contributed by atoms with van der Waals surface area (Å²) in [5, 5.41) is 3.73. The van der Waals surface area contributed by atoms with Crippen molar-refractivity contribution in [2.75, 3.05) is 18.1 Å². The minimum Gasteiger partial charge on any atom is -0.451 e. The van der Waals surface area contributed by atoms with Crippen LogP contribution in [-0.2, 0) is 19.4 Å². The number of esters is 1. The number of fused-ring (bicyclic) bond motifs is 1. The van der Waals surface area contributed by atoms with Crippen LogP contribution >= 0.6 is 23.2 Å². The van der Waals surface area contributed by atoms with Gasteiger partial charge in [-0.25, -0.2) is 13.2 Å². The molecule has 0 aliphatic carbocycles. The van der Waals surface area contributed by atoms with E-state index in [1.54, 1.807) is 18.2 Å². The molecule has 1 unspecified atom stereocenters. The lowest BCUT2D eigenvalue weighted by Crippen LogP contribution is -2.38. The Hall–Kier alpha value is -1.77. The molecule has 0 radical (unpaired) electrons. The highest BCUT2D eigenvalue weighted by molar-refractivity contribution is 7.91. The summed E-state index contributed by atoms with van der Waals surface area (Å²) in [6.07, 6.45) is 0.358. The Morgan fingerprint density at radius 1 is 1.32 bits per heavy atom. The molecule has 1 aromatic heterocycles. The van der Waals surface area contributed by atoms with Crippen LogP contribution in [0.25, 0.3) is 10.9 Å². The highest BCUT2D eigenvalue weighted by atomic mass is 35.5. The van der Waals surface area contributed by atoms with Gasteiger partial charge in [0.2, 0.25) is 0 Å². The van der Waals surface area contributed by atoms with Gasteiger partial charge in [0.1, 0.15) is 5.69 Å². The Labute approximate surface area is 153 Å². The van der Waals surface area contributed by atoms with Gasteiger partial charge in [0.15, 0.2) is 16.4 Å². The fourth-order valence-electron chi connectivity index (χ4n) is 2.65. The number of carbonyl (C=O) groups is 2. The summed E-state index contributed by atoms with van der Waals surface area (Å²) < 4.78 is 27.7. The molecule has 1 fully saturated rings. The molecule has 2 N–H and O–H groups in total. The SMILES string of the molecule is O=C(COC(=O)c1[nH]c2ccc(Cl)cc2c1Cl)NC1CCS(=O)(=O)C1. The zero-order valence-corrected chi connectivity index (χ0v) is 15.2. The number of aromatic amines is 1. The highest BCUT2D eigenvalue weighted by Gasteiger charge is 2.29. The van der Waals surface area contributed by atoms with E-state index in [0.29, 0.717) is 22.3 Å². The molecule has 1 amide bonds. The number of aromatic nitrogens is 1. The van der Waals surface area contributed by atoms with Gasteiger partial charge in [-0.15, -0.1) is 0 Å². The molecule has 10 heteroatoms. The van der Waals surface area contributed by atoms with Crippen molar-refractivity contribution in [1.82, 2.24) is 10.3 Å². The average Bonchev–Trinajstić information content (AvgIpc) is 3.05. The summed E-state index contributed by atoms with van der Waals surface area (Å²) in [4.78, 5) is 26.7. The lowest BCUT2D eigenvalue weighted by Gasteiger charge is -2.10. The molecule has 1 saturated heterocycles. The summed E-state index contributed by atoms with van der Waals surface area (Å²) in [6.45, 7) is -0.526. The number of ether oxygens (including phenoxy) is 1. The number of carbonyl (C=O) groups excluding carboxylic acids is 2. The van der Waals surface area contributed by atoms with E-state index < -0.39 is 34.4 Å². The maximum Gasteiger partial charge on any atom is 0.356 e. The van der Waals surface area contributed by atoms with Gasteiger partial charge in [0.25, 0.3) is 5.91 Å². The van der Waals surface area contributed by atoms with Crippen LogP contribution in [0.1, 0.15) is 16.9 Å². The molecule has 7 nitrogen and oxygen atoms in total. The smallest absolute Gasteiger partial charge is 0.356 e. The van der Waals surface area contributed by atoms with Gasteiger partial charge in [-0.05, 0) is 24.6 Å². The second kappa shape index (κ2) is 6.86. The number of rotatable bonds is 4. The Kier molecular flexibility index (Phi) is 4.95. The number of benzene rings is 1. The number of sulfone groups is 1. The van der Waals surface area contributed by atoms with Crippen LogP contribution in [0, 0.1) is 0 Å². The minimum absolute atomic E-state index is 0.0233. The van der Waals surface area contributed by atoms with E-state index in [1.165, 1.54) is 0 Å². The van der Waals surface area contributed by atoms with Crippen molar-refractivity contribution in [3.05, 3.63) is 33.9 Å². The first-order chi connectivity index (χ1) is 11.7. The van der Waals surface area contributed by atoms with Crippen LogP contribution in [0.4, 0.5) is 0 Å². The Morgan fingerprint density at radius 3 is 2.76 bits per heavy atom. The van der Waals surface area contributed by atoms with E-state index in [9.17, 15) is 18.0 Å². The third-order valence-electron chi connectivity index (χ3n) is 3.83. The van der Waals surface area contributed by atoms with E-state index in [0.717, 1.165) is 0 Å². The second-order valence-electron chi connectivity index (χ2n) is 5.75. The van der Waals surface area contributed by atoms with Crippen LogP contribution in [0.15, 0.2) is 18.2 Å². The largest absolute Gasteiger partial charge is 0.451 e.